The molecular formula is C16H15FO2. The van der Waals surface area contributed by atoms with Gasteiger partial charge in [-0.15, -0.1) is 0 Å². The van der Waals surface area contributed by atoms with Crippen molar-refractivity contribution < 1.29 is 14.3 Å². The molecule has 2 nitrogen and oxygen atoms in total. The van der Waals surface area contributed by atoms with Crippen LogP contribution in [0.4, 0.5) is 4.39 Å². The van der Waals surface area contributed by atoms with Gasteiger partial charge in [0, 0.05) is 5.56 Å². The van der Waals surface area contributed by atoms with E-state index in [1.807, 2.05) is 32.9 Å². The molecule has 1 N–H and O–H groups in total. The van der Waals surface area contributed by atoms with Crippen LogP contribution >= 0.6 is 0 Å². The van der Waals surface area contributed by atoms with Gasteiger partial charge in [0.1, 0.15) is 5.82 Å². The quantitative estimate of drug-likeness (QED) is 0.879. The topological polar surface area (TPSA) is 37.3 Å². The molecule has 0 saturated carbocycles. The third kappa shape index (κ3) is 2.50. The maximum absolute atomic E-state index is 14.1. The first-order valence-corrected chi connectivity index (χ1v) is 6.01. The molecule has 0 unspecified atom stereocenters. The summed E-state index contributed by atoms with van der Waals surface area (Å²) in [7, 11) is 0. The van der Waals surface area contributed by atoms with Crippen molar-refractivity contribution in [2.75, 3.05) is 0 Å². The molecule has 0 saturated heterocycles. The van der Waals surface area contributed by atoms with E-state index in [1.165, 1.54) is 12.1 Å². The van der Waals surface area contributed by atoms with Gasteiger partial charge in [-0.3, -0.25) is 0 Å². The lowest BCUT2D eigenvalue weighted by Crippen LogP contribution is -1.99. The summed E-state index contributed by atoms with van der Waals surface area (Å²) < 4.78 is 14.1. The Kier molecular flexibility index (Phi) is 3.38. The summed E-state index contributed by atoms with van der Waals surface area (Å²) in [6.45, 7) is 5.85. The Morgan fingerprint density at radius 3 is 2.11 bits per heavy atom. The predicted molar refractivity (Wildman–Crippen MR) is 73.0 cm³/mol. The Morgan fingerprint density at radius 2 is 1.63 bits per heavy atom. The zero-order valence-electron chi connectivity index (χ0n) is 11.1. The number of rotatable bonds is 2. The van der Waals surface area contributed by atoms with Crippen molar-refractivity contribution in [2.24, 2.45) is 0 Å². The molecule has 2 aromatic rings. The lowest BCUT2D eigenvalue weighted by molar-refractivity contribution is 0.0696. The standard InChI is InChI=1S/C16H15FO2/c1-9-6-10(2)15(11(3)7-9)13-5-4-12(16(18)19)8-14(13)17/h4-8H,1-3H3,(H,18,19). The molecule has 0 spiro atoms. The molecule has 98 valence electrons. The van der Waals surface area contributed by atoms with Crippen molar-refractivity contribution in [1.82, 2.24) is 0 Å². The van der Waals surface area contributed by atoms with E-state index >= 15 is 0 Å². The fraction of sp³-hybridized carbons (Fsp3) is 0.188. The van der Waals surface area contributed by atoms with Crippen molar-refractivity contribution in [2.45, 2.75) is 20.8 Å². The maximum atomic E-state index is 14.1. The second-order valence-electron chi connectivity index (χ2n) is 4.77. The number of hydrogen-bond acceptors (Lipinski definition) is 1. The maximum Gasteiger partial charge on any atom is 0.335 e. The first kappa shape index (κ1) is 13.3. The zero-order chi connectivity index (χ0) is 14.2. The molecular weight excluding hydrogens is 243 g/mol. The summed E-state index contributed by atoms with van der Waals surface area (Å²) in [5, 5.41) is 8.85. The van der Waals surface area contributed by atoms with E-state index in [4.69, 9.17) is 5.11 Å². The highest BCUT2D eigenvalue weighted by Gasteiger charge is 2.13. The van der Waals surface area contributed by atoms with Crippen LogP contribution in [0, 0.1) is 26.6 Å². The van der Waals surface area contributed by atoms with Gasteiger partial charge in [0.15, 0.2) is 0 Å². The SMILES string of the molecule is Cc1cc(C)c(-c2ccc(C(=O)O)cc2F)c(C)c1. The van der Waals surface area contributed by atoms with Gasteiger partial charge in [0.25, 0.3) is 0 Å². The first-order chi connectivity index (χ1) is 8.90. The van der Waals surface area contributed by atoms with Crippen molar-refractivity contribution in [3.05, 3.63) is 58.4 Å². The smallest absolute Gasteiger partial charge is 0.335 e. The largest absolute Gasteiger partial charge is 0.478 e. The van der Waals surface area contributed by atoms with Crippen LogP contribution in [-0.2, 0) is 0 Å². The number of aromatic carboxylic acids is 1. The van der Waals surface area contributed by atoms with E-state index in [2.05, 4.69) is 0 Å². The van der Waals surface area contributed by atoms with Crippen molar-refractivity contribution >= 4 is 5.97 Å². The second-order valence-corrected chi connectivity index (χ2v) is 4.77. The van der Waals surface area contributed by atoms with Crippen LogP contribution < -0.4 is 0 Å². The fourth-order valence-electron chi connectivity index (χ4n) is 2.46. The summed E-state index contributed by atoms with van der Waals surface area (Å²) in [5.74, 6) is -1.63. The number of hydrogen-bond donors (Lipinski definition) is 1. The molecule has 3 heteroatoms. The molecule has 0 fully saturated rings. The van der Waals surface area contributed by atoms with Gasteiger partial charge in [-0.2, -0.15) is 0 Å². The van der Waals surface area contributed by atoms with Crippen LogP contribution in [-0.4, -0.2) is 11.1 Å². The molecule has 0 amide bonds. The highest BCUT2D eigenvalue weighted by molar-refractivity contribution is 5.88. The third-order valence-electron chi connectivity index (χ3n) is 3.16. The van der Waals surface area contributed by atoms with E-state index < -0.39 is 11.8 Å². The van der Waals surface area contributed by atoms with Crippen molar-refractivity contribution in [3.63, 3.8) is 0 Å². The zero-order valence-corrected chi connectivity index (χ0v) is 11.1. The molecule has 0 aliphatic carbocycles. The average Bonchev–Trinajstić information content (AvgIpc) is 2.29. The molecule has 19 heavy (non-hydrogen) atoms. The van der Waals surface area contributed by atoms with Crippen LogP contribution in [0.3, 0.4) is 0 Å². The number of benzene rings is 2. The predicted octanol–water partition coefficient (Wildman–Crippen LogP) is 4.12. The normalized spacial score (nSPS) is 10.5. The minimum Gasteiger partial charge on any atom is -0.478 e. The number of carboxylic acid groups (broad SMARTS) is 1. The molecule has 2 aromatic carbocycles. The number of aryl methyl sites for hydroxylation is 3. The van der Waals surface area contributed by atoms with Crippen LogP contribution in [0.2, 0.25) is 0 Å². The Balaban J connectivity index is 2.63. The van der Waals surface area contributed by atoms with E-state index in [-0.39, 0.29) is 5.56 Å². The minimum atomic E-state index is -1.12. The Hall–Kier alpha value is -2.16. The molecule has 2 rings (SSSR count). The third-order valence-corrected chi connectivity index (χ3v) is 3.16. The van der Waals surface area contributed by atoms with Crippen LogP contribution in [0.15, 0.2) is 30.3 Å². The van der Waals surface area contributed by atoms with E-state index in [0.717, 1.165) is 28.3 Å². The number of halogens is 1. The molecule has 0 aliphatic rings. The van der Waals surface area contributed by atoms with Gasteiger partial charge in [0.05, 0.1) is 5.56 Å². The molecule has 0 radical (unpaired) electrons. The van der Waals surface area contributed by atoms with Gasteiger partial charge in [0.2, 0.25) is 0 Å². The lowest BCUT2D eigenvalue weighted by atomic mass is 9.93. The summed E-state index contributed by atoms with van der Waals surface area (Å²) in [4.78, 5) is 10.8. The lowest BCUT2D eigenvalue weighted by Gasteiger charge is -2.12. The van der Waals surface area contributed by atoms with Gasteiger partial charge in [-0.1, -0.05) is 23.8 Å². The van der Waals surface area contributed by atoms with Gasteiger partial charge < -0.3 is 5.11 Å². The van der Waals surface area contributed by atoms with Gasteiger partial charge in [-0.25, -0.2) is 9.18 Å². The average molecular weight is 258 g/mol. The van der Waals surface area contributed by atoms with E-state index in [1.54, 1.807) is 0 Å². The molecule has 0 atom stereocenters. The van der Waals surface area contributed by atoms with Crippen LogP contribution in [0.1, 0.15) is 27.0 Å². The van der Waals surface area contributed by atoms with Crippen LogP contribution in [0.5, 0.6) is 0 Å². The fourth-order valence-corrected chi connectivity index (χ4v) is 2.46. The monoisotopic (exact) mass is 258 g/mol. The van der Waals surface area contributed by atoms with Crippen molar-refractivity contribution in [3.8, 4) is 11.1 Å². The molecule has 0 aliphatic heterocycles. The summed E-state index contributed by atoms with van der Waals surface area (Å²) in [6.07, 6.45) is 0. The summed E-state index contributed by atoms with van der Waals surface area (Å²) in [6, 6.07) is 8.01. The van der Waals surface area contributed by atoms with Crippen LogP contribution in [0.25, 0.3) is 11.1 Å². The highest BCUT2D eigenvalue weighted by atomic mass is 19.1. The Bertz CT molecular complexity index is 637. The van der Waals surface area contributed by atoms with E-state index in [0.29, 0.717) is 5.56 Å². The Labute approximate surface area is 111 Å². The van der Waals surface area contributed by atoms with Gasteiger partial charge >= 0.3 is 5.97 Å². The van der Waals surface area contributed by atoms with Gasteiger partial charge in [-0.05, 0) is 49.6 Å². The first-order valence-electron chi connectivity index (χ1n) is 6.01. The second kappa shape index (κ2) is 4.84. The molecule has 0 aromatic heterocycles. The molecule has 0 heterocycles. The van der Waals surface area contributed by atoms with Crippen molar-refractivity contribution in [1.29, 1.82) is 0 Å². The number of carbonyl (C=O) groups is 1. The summed E-state index contributed by atoms with van der Waals surface area (Å²) >= 11 is 0. The highest BCUT2D eigenvalue weighted by Crippen LogP contribution is 2.30. The number of carboxylic acids is 1. The minimum absolute atomic E-state index is 0.0383. The Morgan fingerprint density at radius 1 is 1.05 bits per heavy atom. The summed E-state index contributed by atoms with van der Waals surface area (Å²) in [5.41, 5.74) is 4.34. The van der Waals surface area contributed by atoms with E-state index in [9.17, 15) is 9.18 Å². The molecule has 0 bridgehead atoms.